The zero-order chi connectivity index (χ0) is 10.6. The maximum atomic E-state index is 5.71. The van der Waals surface area contributed by atoms with Gasteiger partial charge in [0.1, 0.15) is 6.04 Å². The summed E-state index contributed by atoms with van der Waals surface area (Å²) in [5, 5.41) is 3.80. The molecule has 0 aliphatic carbocycles. The van der Waals surface area contributed by atoms with Gasteiger partial charge in [0.15, 0.2) is 5.82 Å². The Morgan fingerprint density at radius 1 is 1.57 bits per heavy atom. The minimum atomic E-state index is -0.344. The molecule has 1 aromatic rings. The zero-order valence-electron chi connectivity index (χ0n) is 8.73. The number of ether oxygens (including phenoxy) is 1. The molecule has 0 fully saturated rings. The van der Waals surface area contributed by atoms with E-state index in [1.807, 2.05) is 19.0 Å². The van der Waals surface area contributed by atoms with E-state index in [4.69, 9.17) is 15.0 Å². The SMILES string of the molecule is COCC(N)c1nc(CN(C)C)no1. The number of methoxy groups -OCH3 is 1. The Hall–Kier alpha value is -0.980. The van der Waals surface area contributed by atoms with Crippen LogP contribution in [0, 0.1) is 0 Å². The van der Waals surface area contributed by atoms with Gasteiger partial charge in [-0.15, -0.1) is 0 Å². The molecule has 0 saturated carbocycles. The molecular weight excluding hydrogens is 184 g/mol. The molecule has 0 aliphatic rings. The third kappa shape index (κ3) is 3.06. The molecule has 0 aliphatic heterocycles. The van der Waals surface area contributed by atoms with Crippen LogP contribution in [-0.4, -0.2) is 42.9 Å². The van der Waals surface area contributed by atoms with Gasteiger partial charge in [0.05, 0.1) is 13.2 Å². The third-order valence-corrected chi connectivity index (χ3v) is 1.60. The van der Waals surface area contributed by atoms with Gasteiger partial charge in [-0.25, -0.2) is 0 Å². The van der Waals surface area contributed by atoms with E-state index in [9.17, 15) is 0 Å². The Morgan fingerprint density at radius 2 is 2.29 bits per heavy atom. The van der Waals surface area contributed by atoms with Crippen molar-refractivity contribution in [1.29, 1.82) is 0 Å². The third-order valence-electron chi connectivity index (χ3n) is 1.60. The van der Waals surface area contributed by atoms with E-state index in [2.05, 4.69) is 10.1 Å². The average Bonchev–Trinajstić information content (AvgIpc) is 2.52. The van der Waals surface area contributed by atoms with Gasteiger partial charge in [0, 0.05) is 7.11 Å². The summed E-state index contributed by atoms with van der Waals surface area (Å²) < 4.78 is 9.87. The van der Waals surface area contributed by atoms with Crippen molar-refractivity contribution in [2.75, 3.05) is 27.8 Å². The molecule has 0 spiro atoms. The van der Waals surface area contributed by atoms with Crippen LogP contribution in [0.25, 0.3) is 0 Å². The van der Waals surface area contributed by atoms with Crippen molar-refractivity contribution in [2.45, 2.75) is 12.6 Å². The van der Waals surface area contributed by atoms with E-state index < -0.39 is 0 Å². The molecule has 0 saturated heterocycles. The fraction of sp³-hybridized carbons (Fsp3) is 0.750. The minimum Gasteiger partial charge on any atom is -0.383 e. The van der Waals surface area contributed by atoms with Gasteiger partial charge >= 0.3 is 0 Å². The summed E-state index contributed by atoms with van der Waals surface area (Å²) in [6.07, 6.45) is 0. The lowest BCUT2D eigenvalue weighted by molar-refractivity contribution is 0.166. The van der Waals surface area contributed by atoms with Crippen LogP contribution in [0.4, 0.5) is 0 Å². The second-order valence-corrected chi connectivity index (χ2v) is 3.35. The van der Waals surface area contributed by atoms with E-state index >= 15 is 0 Å². The van der Waals surface area contributed by atoms with Gasteiger partial charge < -0.3 is 19.9 Å². The Balaban J connectivity index is 2.58. The van der Waals surface area contributed by atoms with Crippen molar-refractivity contribution in [1.82, 2.24) is 15.0 Å². The first-order valence-electron chi connectivity index (χ1n) is 4.35. The Morgan fingerprint density at radius 3 is 2.86 bits per heavy atom. The fourth-order valence-corrected chi connectivity index (χ4v) is 1.02. The van der Waals surface area contributed by atoms with Crippen LogP contribution in [-0.2, 0) is 11.3 Å². The van der Waals surface area contributed by atoms with Gasteiger partial charge in [-0.05, 0) is 14.1 Å². The molecule has 2 N–H and O–H groups in total. The smallest absolute Gasteiger partial charge is 0.245 e. The summed E-state index contributed by atoms with van der Waals surface area (Å²) in [5.41, 5.74) is 5.71. The standard InChI is InChI=1S/C8H16N4O2/c1-12(2)4-7-10-8(14-11-7)6(9)5-13-3/h6H,4-5,9H2,1-3H3. The number of hydrogen-bond donors (Lipinski definition) is 1. The van der Waals surface area contributed by atoms with Gasteiger partial charge in [-0.3, -0.25) is 0 Å². The second-order valence-electron chi connectivity index (χ2n) is 3.35. The minimum absolute atomic E-state index is 0.344. The molecule has 0 bridgehead atoms. The van der Waals surface area contributed by atoms with Crippen LogP contribution in [0.2, 0.25) is 0 Å². The molecule has 6 nitrogen and oxygen atoms in total. The molecule has 6 heteroatoms. The van der Waals surface area contributed by atoms with Crippen molar-refractivity contribution in [3.05, 3.63) is 11.7 Å². The molecule has 0 radical (unpaired) electrons. The van der Waals surface area contributed by atoms with Crippen LogP contribution < -0.4 is 5.73 Å². The van der Waals surface area contributed by atoms with Crippen molar-refractivity contribution in [3.63, 3.8) is 0 Å². The van der Waals surface area contributed by atoms with Crippen molar-refractivity contribution < 1.29 is 9.26 Å². The summed E-state index contributed by atoms with van der Waals surface area (Å²) in [5.74, 6) is 1.06. The molecule has 0 amide bonds. The number of nitrogens with zero attached hydrogens (tertiary/aromatic N) is 3. The van der Waals surface area contributed by atoms with Gasteiger partial charge in [-0.1, -0.05) is 5.16 Å². The molecule has 80 valence electrons. The van der Waals surface area contributed by atoms with Crippen LogP contribution >= 0.6 is 0 Å². The Bertz CT molecular complexity index is 274. The Labute approximate surface area is 83.0 Å². The van der Waals surface area contributed by atoms with E-state index in [1.54, 1.807) is 7.11 Å². The zero-order valence-corrected chi connectivity index (χ0v) is 8.73. The van der Waals surface area contributed by atoms with Gasteiger partial charge in [0.2, 0.25) is 5.89 Å². The van der Waals surface area contributed by atoms with Crippen LogP contribution in [0.15, 0.2) is 4.52 Å². The lowest BCUT2D eigenvalue weighted by atomic mass is 10.3. The topological polar surface area (TPSA) is 77.4 Å². The summed E-state index contributed by atoms with van der Waals surface area (Å²) in [7, 11) is 5.45. The second kappa shape index (κ2) is 5.04. The molecule has 1 unspecified atom stereocenters. The van der Waals surface area contributed by atoms with Gasteiger partial charge in [-0.2, -0.15) is 4.98 Å². The quantitative estimate of drug-likeness (QED) is 0.708. The average molecular weight is 200 g/mol. The lowest BCUT2D eigenvalue weighted by Gasteiger charge is -2.04. The monoisotopic (exact) mass is 200 g/mol. The van der Waals surface area contributed by atoms with Crippen LogP contribution in [0.3, 0.4) is 0 Å². The molecule has 1 aromatic heterocycles. The van der Waals surface area contributed by atoms with Crippen molar-refractivity contribution in [2.24, 2.45) is 5.73 Å². The maximum absolute atomic E-state index is 5.71. The van der Waals surface area contributed by atoms with E-state index in [0.29, 0.717) is 24.9 Å². The van der Waals surface area contributed by atoms with Crippen molar-refractivity contribution in [3.8, 4) is 0 Å². The summed E-state index contributed by atoms with van der Waals surface area (Å²) >= 11 is 0. The molecule has 1 atom stereocenters. The first-order chi connectivity index (χ1) is 6.63. The first-order valence-corrected chi connectivity index (χ1v) is 4.35. The van der Waals surface area contributed by atoms with Gasteiger partial charge in [0.25, 0.3) is 0 Å². The highest BCUT2D eigenvalue weighted by Crippen LogP contribution is 2.07. The highest BCUT2D eigenvalue weighted by Gasteiger charge is 2.14. The Kier molecular flexibility index (Phi) is 3.99. The highest BCUT2D eigenvalue weighted by atomic mass is 16.5. The van der Waals surface area contributed by atoms with E-state index in [0.717, 1.165) is 0 Å². The normalized spacial score (nSPS) is 13.5. The molecular formula is C8H16N4O2. The van der Waals surface area contributed by atoms with E-state index in [-0.39, 0.29) is 6.04 Å². The predicted molar refractivity (Wildman–Crippen MR) is 50.5 cm³/mol. The molecule has 14 heavy (non-hydrogen) atoms. The molecule has 1 heterocycles. The molecule has 0 aromatic carbocycles. The summed E-state index contributed by atoms with van der Waals surface area (Å²) in [6, 6.07) is -0.344. The number of rotatable bonds is 5. The maximum Gasteiger partial charge on any atom is 0.245 e. The number of hydrogen-bond acceptors (Lipinski definition) is 6. The van der Waals surface area contributed by atoms with Crippen LogP contribution in [0.1, 0.15) is 17.8 Å². The number of nitrogens with two attached hydrogens (primary N) is 1. The van der Waals surface area contributed by atoms with Crippen LogP contribution in [0.5, 0.6) is 0 Å². The predicted octanol–water partition coefficient (Wildman–Crippen LogP) is -0.223. The summed E-state index contributed by atoms with van der Waals surface area (Å²) in [4.78, 5) is 6.10. The number of aromatic nitrogens is 2. The largest absolute Gasteiger partial charge is 0.383 e. The fourth-order valence-electron chi connectivity index (χ4n) is 1.02. The highest BCUT2D eigenvalue weighted by molar-refractivity contribution is 4.91. The lowest BCUT2D eigenvalue weighted by Crippen LogP contribution is -2.17. The summed E-state index contributed by atoms with van der Waals surface area (Å²) in [6.45, 7) is 1.02. The van der Waals surface area contributed by atoms with E-state index in [1.165, 1.54) is 0 Å². The first kappa shape index (κ1) is 11.1. The van der Waals surface area contributed by atoms with Crippen molar-refractivity contribution >= 4 is 0 Å². The molecule has 1 rings (SSSR count).